The van der Waals surface area contributed by atoms with Gasteiger partial charge in [-0.2, -0.15) is 0 Å². The van der Waals surface area contributed by atoms with Crippen LogP contribution in [-0.4, -0.2) is 19.2 Å². The number of benzene rings is 2. The van der Waals surface area contributed by atoms with E-state index < -0.39 is 5.92 Å². The molecule has 0 saturated heterocycles. The topological polar surface area (TPSA) is 43.4 Å². The highest BCUT2D eigenvalue weighted by Crippen LogP contribution is 2.30. The van der Waals surface area contributed by atoms with Crippen molar-refractivity contribution in [2.45, 2.75) is 12.3 Å². The van der Waals surface area contributed by atoms with Gasteiger partial charge >= 0.3 is 0 Å². The number of carbonyl (C=O) groups excluding carboxylic acids is 2. The molecular formula is C17H15BrO3. The maximum atomic E-state index is 12.2. The van der Waals surface area contributed by atoms with Gasteiger partial charge in [0.1, 0.15) is 12.0 Å². The third kappa shape index (κ3) is 3.79. The minimum absolute atomic E-state index is 0.0533. The van der Waals surface area contributed by atoms with E-state index in [1.165, 1.54) is 0 Å². The first-order chi connectivity index (χ1) is 10.2. The molecule has 1 unspecified atom stereocenters. The Balaban J connectivity index is 2.24. The molecule has 2 aromatic rings. The largest absolute Gasteiger partial charge is 0.497 e. The lowest BCUT2D eigenvalue weighted by Gasteiger charge is -2.13. The maximum Gasteiger partial charge on any atom is 0.163 e. The zero-order valence-corrected chi connectivity index (χ0v) is 13.2. The number of rotatable bonds is 6. The number of ether oxygens (including phenoxy) is 1. The molecule has 0 aliphatic rings. The van der Waals surface area contributed by atoms with Crippen molar-refractivity contribution in [3.63, 3.8) is 0 Å². The van der Waals surface area contributed by atoms with Crippen LogP contribution in [0.5, 0.6) is 5.75 Å². The molecule has 2 rings (SSSR count). The smallest absolute Gasteiger partial charge is 0.163 e. The minimum atomic E-state index is -0.498. The first-order valence-electron chi connectivity index (χ1n) is 6.52. The van der Waals surface area contributed by atoms with Gasteiger partial charge in [-0.1, -0.05) is 46.3 Å². The molecule has 0 spiro atoms. The quantitative estimate of drug-likeness (QED) is 0.586. The molecular weight excluding hydrogens is 332 g/mol. The second kappa shape index (κ2) is 7.18. The number of ketones is 1. The number of halogens is 1. The van der Waals surface area contributed by atoms with E-state index in [0.717, 1.165) is 16.3 Å². The molecule has 0 N–H and O–H groups in total. The van der Waals surface area contributed by atoms with Crippen molar-refractivity contribution in [2.75, 3.05) is 7.11 Å². The Morgan fingerprint density at radius 2 is 1.95 bits per heavy atom. The normalized spacial score (nSPS) is 11.7. The Kier molecular flexibility index (Phi) is 5.28. The SMILES string of the molecule is COc1ccc(Br)c(C(C=O)CC(=O)c2ccccc2)c1. The fraction of sp³-hybridized carbons (Fsp3) is 0.176. The molecule has 0 aliphatic heterocycles. The van der Waals surface area contributed by atoms with Gasteiger partial charge in [0.05, 0.1) is 7.11 Å². The van der Waals surface area contributed by atoms with E-state index in [1.807, 2.05) is 24.3 Å². The first-order valence-corrected chi connectivity index (χ1v) is 7.32. The van der Waals surface area contributed by atoms with Crippen LogP contribution in [0.4, 0.5) is 0 Å². The predicted molar refractivity (Wildman–Crippen MR) is 84.9 cm³/mol. The number of hydrogen-bond acceptors (Lipinski definition) is 3. The third-order valence-corrected chi connectivity index (χ3v) is 3.99. The van der Waals surface area contributed by atoms with Crippen LogP contribution in [0.1, 0.15) is 28.3 Å². The van der Waals surface area contributed by atoms with E-state index in [4.69, 9.17) is 4.74 Å². The van der Waals surface area contributed by atoms with Gasteiger partial charge in [-0.15, -0.1) is 0 Å². The fourth-order valence-electron chi connectivity index (χ4n) is 2.11. The Morgan fingerprint density at radius 3 is 2.57 bits per heavy atom. The Morgan fingerprint density at radius 1 is 1.24 bits per heavy atom. The molecule has 3 nitrogen and oxygen atoms in total. The highest BCUT2D eigenvalue weighted by molar-refractivity contribution is 9.10. The molecule has 1 atom stereocenters. The second-order valence-electron chi connectivity index (χ2n) is 4.62. The van der Waals surface area contributed by atoms with Gasteiger partial charge in [0, 0.05) is 22.4 Å². The van der Waals surface area contributed by atoms with E-state index in [0.29, 0.717) is 11.3 Å². The number of hydrogen-bond donors (Lipinski definition) is 0. The van der Waals surface area contributed by atoms with Crippen LogP contribution in [-0.2, 0) is 4.79 Å². The zero-order chi connectivity index (χ0) is 15.2. The molecule has 4 heteroatoms. The average Bonchev–Trinajstić information content (AvgIpc) is 2.54. The van der Waals surface area contributed by atoms with Crippen molar-refractivity contribution in [1.29, 1.82) is 0 Å². The Hall–Kier alpha value is -1.94. The van der Waals surface area contributed by atoms with Crippen molar-refractivity contribution >= 4 is 28.0 Å². The lowest BCUT2D eigenvalue weighted by Crippen LogP contribution is -2.09. The van der Waals surface area contributed by atoms with Crippen molar-refractivity contribution in [1.82, 2.24) is 0 Å². The van der Waals surface area contributed by atoms with E-state index >= 15 is 0 Å². The Bertz CT molecular complexity index is 638. The molecule has 0 amide bonds. The van der Waals surface area contributed by atoms with E-state index in [-0.39, 0.29) is 12.2 Å². The van der Waals surface area contributed by atoms with Gasteiger partial charge < -0.3 is 9.53 Å². The highest BCUT2D eigenvalue weighted by atomic mass is 79.9. The average molecular weight is 347 g/mol. The molecule has 108 valence electrons. The summed E-state index contributed by atoms with van der Waals surface area (Å²) in [6.07, 6.45) is 0.944. The van der Waals surface area contributed by atoms with Crippen molar-refractivity contribution in [3.05, 3.63) is 64.1 Å². The molecule has 0 saturated carbocycles. The van der Waals surface area contributed by atoms with Crippen LogP contribution in [0.3, 0.4) is 0 Å². The fourth-order valence-corrected chi connectivity index (χ4v) is 2.65. The summed E-state index contributed by atoms with van der Waals surface area (Å²) in [4.78, 5) is 23.7. The number of methoxy groups -OCH3 is 1. The van der Waals surface area contributed by atoms with Crippen molar-refractivity contribution < 1.29 is 14.3 Å². The predicted octanol–water partition coefficient (Wildman–Crippen LogP) is 4.01. The summed E-state index contributed by atoms with van der Waals surface area (Å²) < 4.78 is 5.97. The third-order valence-electron chi connectivity index (χ3n) is 3.27. The second-order valence-corrected chi connectivity index (χ2v) is 5.48. The van der Waals surface area contributed by atoms with Gasteiger partial charge in [-0.25, -0.2) is 0 Å². The minimum Gasteiger partial charge on any atom is -0.497 e. The summed E-state index contributed by atoms with van der Waals surface area (Å²) >= 11 is 3.42. The summed E-state index contributed by atoms with van der Waals surface area (Å²) in [5.41, 5.74) is 1.37. The van der Waals surface area contributed by atoms with Crippen LogP contribution in [0.15, 0.2) is 53.0 Å². The first kappa shape index (κ1) is 15.4. The molecule has 0 radical (unpaired) electrons. The van der Waals surface area contributed by atoms with Crippen LogP contribution >= 0.6 is 15.9 Å². The molecule has 0 aromatic heterocycles. The van der Waals surface area contributed by atoms with E-state index in [1.54, 1.807) is 31.4 Å². The van der Waals surface area contributed by atoms with E-state index in [9.17, 15) is 9.59 Å². The summed E-state index contributed by atoms with van der Waals surface area (Å²) in [6.45, 7) is 0. The van der Waals surface area contributed by atoms with Crippen LogP contribution in [0.25, 0.3) is 0 Å². The summed E-state index contributed by atoms with van der Waals surface area (Å²) in [5.74, 6) is 0.108. The van der Waals surface area contributed by atoms with Crippen molar-refractivity contribution in [2.24, 2.45) is 0 Å². The van der Waals surface area contributed by atoms with Gasteiger partial charge in [0.2, 0.25) is 0 Å². The number of aldehydes is 1. The maximum absolute atomic E-state index is 12.2. The number of carbonyl (C=O) groups is 2. The molecule has 0 fully saturated rings. The van der Waals surface area contributed by atoms with Crippen LogP contribution < -0.4 is 4.74 Å². The van der Waals surface area contributed by atoms with Crippen LogP contribution in [0.2, 0.25) is 0 Å². The monoisotopic (exact) mass is 346 g/mol. The lowest BCUT2D eigenvalue weighted by molar-refractivity contribution is -0.109. The Labute approximate surface area is 132 Å². The van der Waals surface area contributed by atoms with Crippen molar-refractivity contribution in [3.8, 4) is 5.75 Å². The molecule has 0 bridgehead atoms. The summed E-state index contributed by atoms with van der Waals surface area (Å²) in [7, 11) is 1.57. The van der Waals surface area contributed by atoms with Gasteiger partial charge in [-0.05, 0) is 23.8 Å². The van der Waals surface area contributed by atoms with E-state index in [2.05, 4.69) is 15.9 Å². The molecule has 2 aromatic carbocycles. The molecule has 0 aliphatic carbocycles. The van der Waals surface area contributed by atoms with Gasteiger partial charge in [-0.3, -0.25) is 4.79 Å². The summed E-state index contributed by atoms with van der Waals surface area (Å²) in [5, 5.41) is 0. The van der Waals surface area contributed by atoms with Crippen LogP contribution in [0, 0.1) is 0 Å². The molecule has 0 heterocycles. The zero-order valence-electron chi connectivity index (χ0n) is 11.6. The van der Waals surface area contributed by atoms with Gasteiger partial charge in [0.25, 0.3) is 0 Å². The summed E-state index contributed by atoms with van der Waals surface area (Å²) in [6, 6.07) is 14.4. The molecule has 21 heavy (non-hydrogen) atoms. The highest BCUT2D eigenvalue weighted by Gasteiger charge is 2.19. The standard InChI is InChI=1S/C17H15BrO3/c1-21-14-7-8-16(18)15(10-14)13(11-19)9-17(20)12-5-3-2-4-6-12/h2-8,10-11,13H,9H2,1H3. The lowest BCUT2D eigenvalue weighted by atomic mass is 9.92. The van der Waals surface area contributed by atoms with Gasteiger partial charge in [0.15, 0.2) is 5.78 Å². The number of Topliss-reactive ketones (excluding diaryl/α,β-unsaturated/α-hetero) is 1.